The maximum Gasteiger partial charge on any atom is 0.251 e. The van der Waals surface area contributed by atoms with Crippen molar-refractivity contribution in [2.24, 2.45) is 12.0 Å². The molecule has 0 aliphatic carbocycles. The van der Waals surface area contributed by atoms with Crippen LogP contribution in [0.2, 0.25) is 0 Å². The minimum atomic E-state index is -0.0651. The van der Waals surface area contributed by atoms with E-state index in [1.807, 2.05) is 55.0 Å². The zero-order valence-electron chi connectivity index (χ0n) is 21.5. The van der Waals surface area contributed by atoms with Gasteiger partial charge in [-0.25, -0.2) is 4.98 Å². The number of nitrogens with zero attached hydrogens (tertiary/aromatic N) is 5. The summed E-state index contributed by atoms with van der Waals surface area (Å²) in [5, 5.41) is 8.09. The number of amides is 1. The van der Waals surface area contributed by atoms with Gasteiger partial charge in [-0.15, -0.1) is 0 Å². The Labute approximate surface area is 222 Å². The Morgan fingerprint density at radius 3 is 2.75 bits per heavy atom. The van der Waals surface area contributed by atoms with E-state index in [0.717, 1.165) is 55.3 Å². The summed E-state index contributed by atoms with van der Waals surface area (Å²) < 4.78 is 1.98. The number of fused-ring (bicyclic) bond motifs is 1. The van der Waals surface area contributed by atoms with E-state index in [1.165, 1.54) is 0 Å². The van der Waals surface area contributed by atoms with E-state index < -0.39 is 0 Å². The van der Waals surface area contributed by atoms with E-state index in [0.29, 0.717) is 23.1 Å². The lowest BCUT2D eigenvalue weighted by molar-refractivity contribution is 0.0949. The van der Waals surface area contributed by atoms with Gasteiger partial charge in [-0.05, 0) is 58.1 Å². The predicted molar refractivity (Wildman–Crippen MR) is 152 cm³/mol. The number of nitrogens with one attached hydrogen (secondary N) is 2. The van der Waals surface area contributed by atoms with Gasteiger partial charge in [-0.3, -0.25) is 9.79 Å². The summed E-state index contributed by atoms with van der Waals surface area (Å²) in [5.41, 5.74) is 2.33. The summed E-state index contributed by atoms with van der Waals surface area (Å²) >= 11 is 7.87. The first kappa shape index (κ1) is 26.7. The highest BCUT2D eigenvalue weighted by Crippen LogP contribution is 2.24. The number of aromatic nitrogens is 2. The number of hydrogen-bond acceptors (Lipinski definition) is 7. The number of carbonyl (C=O) groups excluding carboxylic acids is 1. The van der Waals surface area contributed by atoms with Crippen LogP contribution < -0.4 is 10.6 Å². The number of aryl methyl sites for hydroxylation is 1. The fourth-order valence-electron chi connectivity index (χ4n) is 4.27. The standard InChI is InChI=1S/C26H36ClN7OS/c1-18-6-8-21(27)16-19(2)36-26(29-18)31-25-30-22-17-20(7-9-23(22)33(25)4)24(35)28-10-5-11-34-14-12-32(3)13-15-34/h6-9,16-19H,5,10-15H2,1-4H3,(H,28,35)(H,29,30,31)/b8-6-,21-16+. The molecule has 2 unspecified atom stereocenters. The topological polar surface area (TPSA) is 77.8 Å². The van der Waals surface area contributed by atoms with Gasteiger partial charge >= 0.3 is 0 Å². The number of carbonyl (C=O) groups is 1. The average Bonchev–Trinajstić information content (AvgIpc) is 3.17. The molecule has 1 aromatic heterocycles. The van der Waals surface area contributed by atoms with E-state index in [-0.39, 0.29) is 17.2 Å². The molecule has 1 amide bonds. The van der Waals surface area contributed by atoms with Crippen molar-refractivity contribution in [3.8, 4) is 0 Å². The molecule has 1 fully saturated rings. The Balaban J connectivity index is 1.38. The van der Waals surface area contributed by atoms with E-state index >= 15 is 0 Å². The number of halogens is 1. The van der Waals surface area contributed by atoms with E-state index in [4.69, 9.17) is 21.6 Å². The molecule has 8 nitrogen and oxygen atoms in total. The summed E-state index contributed by atoms with van der Waals surface area (Å²) in [6.07, 6.45) is 6.82. The Morgan fingerprint density at radius 1 is 1.19 bits per heavy atom. The highest BCUT2D eigenvalue weighted by atomic mass is 35.5. The normalized spacial score (nSPS) is 24.2. The summed E-state index contributed by atoms with van der Waals surface area (Å²) in [7, 11) is 4.12. The minimum absolute atomic E-state index is 0.0197. The molecule has 2 atom stereocenters. The van der Waals surface area contributed by atoms with Crippen LogP contribution in [-0.4, -0.2) is 88.0 Å². The van der Waals surface area contributed by atoms with Crippen LogP contribution in [0.5, 0.6) is 0 Å². The van der Waals surface area contributed by atoms with Crippen molar-refractivity contribution in [3.63, 3.8) is 0 Å². The maximum atomic E-state index is 12.8. The summed E-state index contributed by atoms with van der Waals surface area (Å²) in [4.78, 5) is 27.1. The smallest absolute Gasteiger partial charge is 0.251 e. The van der Waals surface area contributed by atoms with Gasteiger partial charge in [0.2, 0.25) is 5.95 Å². The zero-order valence-corrected chi connectivity index (χ0v) is 23.1. The molecule has 0 saturated carbocycles. The quantitative estimate of drug-likeness (QED) is 0.552. The van der Waals surface area contributed by atoms with Crippen molar-refractivity contribution in [2.75, 3.05) is 51.6 Å². The highest BCUT2D eigenvalue weighted by molar-refractivity contribution is 8.14. The molecule has 2 aromatic rings. The second kappa shape index (κ2) is 12.3. The number of rotatable bonds is 6. The molecular formula is C26H36ClN7OS. The van der Waals surface area contributed by atoms with Crippen LogP contribution in [0.1, 0.15) is 30.6 Å². The Morgan fingerprint density at radius 2 is 1.97 bits per heavy atom. The molecule has 2 aliphatic heterocycles. The van der Waals surface area contributed by atoms with Crippen LogP contribution >= 0.6 is 23.4 Å². The highest BCUT2D eigenvalue weighted by Gasteiger charge is 2.16. The molecule has 2 aliphatic rings. The Hall–Kier alpha value is -2.33. The number of thioether (sulfide) groups is 1. The fraction of sp³-hybridized carbons (Fsp3) is 0.500. The van der Waals surface area contributed by atoms with Crippen LogP contribution in [0.4, 0.5) is 5.95 Å². The summed E-state index contributed by atoms with van der Waals surface area (Å²) in [6.45, 7) is 10.2. The minimum Gasteiger partial charge on any atom is -0.352 e. The van der Waals surface area contributed by atoms with Crippen molar-refractivity contribution in [1.29, 1.82) is 0 Å². The number of likely N-dealkylation sites (N-methyl/N-ethyl adjacent to an activating group) is 1. The molecule has 0 bridgehead atoms. The first-order chi connectivity index (χ1) is 17.3. The fourth-order valence-corrected chi connectivity index (χ4v) is 5.55. The number of hydrogen-bond donors (Lipinski definition) is 2. The zero-order chi connectivity index (χ0) is 25.7. The molecule has 10 heteroatoms. The van der Waals surface area contributed by atoms with Gasteiger partial charge in [-0.1, -0.05) is 35.5 Å². The van der Waals surface area contributed by atoms with Crippen LogP contribution in [-0.2, 0) is 7.05 Å². The number of anilines is 1. The number of amidine groups is 1. The van der Waals surface area contributed by atoms with E-state index in [1.54, 1.807) is 11.8 Å². The number of imidazole rings is 1. The molecular weight excluding hydrogens is 494 g/mol. The second-order valence-corrected chi connectivity index (χ2v) is 11.3. The summed E-state index contributed by atoms with van der Waals surface area (Å²) in [5.74, 6) is 0.614. The van der Waals surface area contributed by atoms with Gasteiger partial charge in [0.05, 0.1) is 17.1 Å². The molecule has 3 heterocycles. The lowest BCUT2D eigenvalue weighted by atomic mass is 10.2. The van der Waals surface area contributed by atoms with Crippen molar-refractivity contribution in [3.05, 3.63) is 47.0 Å². The van der Waals surface area contributed by atoms with Gasteiger partial charge in [-0.2, -0.15) is 0 Å². The molecule has 36 heavy (non-hydrogen) atoms. The molecule has 0 radical (unpaired) electrons. The largest absolute Gasteiger partial charge is 0.352 e. The maximum absolute atomic E-state index is 12.8. The second-order valence-electron chi connectivity index (χ2n) is 9.49. The van der Waals surface area contributed by atoms with Crippen molar-refractivity contribution in [1.82, 2.24) is 24.7 Å². The first-order valence-electron chi connectivity index (χ1n) is 12.5. The van der Waals surface area contributed by atoms with E-state index in [2.05, 4.69) is 34.4 Å². The Kier molecular flexibility index (Phi) is 9.11. The molecule has 194 valence electrons. The number of allylic oxidation sites excluding steroid dienone is 2. The van der Waals surface area contributed by atoms with Gasteiger partial charge in [0.1, 0.15) is 0 Å². The third-order valence-corrected chi connectivity index (χ3v) is 7.63. The monoisotopic (exact) mass is 529 g/mol. The molecule has 1 saturated heterocycles. The van der Waals surface area contributed by atoms with Crippen molar-refractivity contribution >= 4 is 51.4 Å². The number of piperazine rings is 1. The van der Waals surface area contributed by atoms with Crippen molar-refractivity contribution in [2.45, 2.75) is 31.6 Å². The van der Waals surface area contributed by atoms with Crippen LogP contribution in [0.3, 0.4) is 0 Å². The molecule has 1 aromatic carbocycles. The van der Waals surface area contributed by atoms with Crippen LogP contribution in [0, 0.1) is 0 Å². The van der Waals surface area contributed by atoms with Gasteiger partial charge in [0.25, 0.3) is 5.91 Å². The van der Waals surface area contributed by atoms with Crippen molar-refractivity contribution < 1.29 is 4.79 Å². The SMILES string of the molecule is CC1/C=C\C(Cl)=C/C(C)SC(Nc2nc3cc(C(=O)NCCCN4CCN(C)CC4)ccc3n2C)=N1. The van der Waals surface area contributed by atoms with Crippen LogP contribution in [0.25, 0.3) is 11.0 Å². The first-order valence-corrected chi connectivity index (χ1v) is 13.8. The van der Waals surface area contributed by atoms with Gasteiger partial charge in [0, 0.05) is 55.6 Å². The molecule has 0 spiro atoms. The molecule has 4 rings (SSSR count). The predicted octanol–water partition coefficient (Wildman–Crippen LogP) is 3.91. The lowest BCUT2D eigenvalue weighted by Crippen LogP contribution is -2.45. The number of benzene rings is 1. The molecule has 2 N–H and O–H groups in total. The number of aliphatic imine (C=N–C) groups is 1. The van der Waals surface area contributed by atoms with Gasteiger partial charge < -0.3 is 25.0 Å². The average molecular weight is 530 g/mol. The third-order valence-electron chi connectivity index (χ3n) is 6.44. The lowest BCUT2D eigenvalue weighted by Gasteiger charge is -2.32. The van der Waals surface area contributed by atoms with E-state index in [9.17, 15) is 4.79 Å². The Bertz CT molecular complexity index is 1170. The summed E-state index contributed by atoms with van der Waals surface area (Å²) in [6, 6.07) is 5.64. The van der Waals surface area contributed by atoms with Crippen LogP contribution in [0.15, 0.2) is 46.5 Å². The van der Waals surface area contributed by atoms with Gasteiger partial charge in [0.15, 0.2) is 5.17 Å². The third kappa shape index (κ3) is 7.12.